The predicted molar refractivity (Wildman–Crippen MR) is 148 cm³/mol. The summed E-state index contributed by atoms with van der Waals surface area (Å²) in [5.74, 6) is -3.47. The molecule has 0 aliphatic carbocycles. The van der Waals surface area contributed by atoms with E-state index in [1.165, 1.54) is 12.1 Å². The van der Waals surface area contributed by atoms with Crippen LogP contribution in [0, 0.1) is 11.8 Å². The first-order chi connectivity index (χ1) is 18.4. The zero-order valence-corrected chi connectivity index (χ0v) is 22.9. The lowest BCUT2D eigenvalue weighted by Gasteiger charge is -2.29. The van der Waals surface area contributed by atoms with Crippen LogP contribution in [-0.2, 0) is 32.0 Å². The molecular weight excluding hydrogens is 500 g/mol. The molecule has 0 saturated carbocycles. The molecule has 0 spiro atoms. The van der Waals surface area contributed by atoms with Crippen molar-refractivity contribution in [3.8, 4) is 5.75 Å². The molecule has 5 unspecified atom stereocenters. The zero-order chi connectivity index (χ0) is 29.1. The van der Waals surface area contributed by atoms with Crippen LogP contribution in [0.1, 0.15) is 45.2 Å². The van der Waals surface area contributed by atoms with Gasteiger partial charge in [0.1, 0.15) is 23.9 Å². The molecule has 0 aliphatic heterocycles. The summed E-state index contributed by atoms with van der Waals surface area (Å²) in [5, 5.41) is 27.0. The molecule has 0 heterocycles. The second kappa shape index (κ2) is 14.9. The number of hydrogen-bond donors (Lipinski definition) is 6. The lowest BCUT2D eigenvalue weighted by molar-refractivity contribution is -0.144. The number of nitrogens with two attached hydrogens (primary N) is 1. The Hall–Kier alpha value is -3.92. The van der Waals surface area contributed by atoms with E-state index in [1.54, 1.807) is 32.9 Å². The average Bonchev–Trinajstić information content (AvgIpc) is 2.90. The predicted octanol–water partition coefficient (Wildman–Crippen LogP) is 1.75. The molecule has 5 atom stereocenters. The highest BCUT2D eigenvalue weighted by Gasteiger charge is 2.33. The highest BCUT2D eigenvalue weighted by atomic mass is 16.4. The van der Waals surface area contributed by atoms with E-state index in [2.05, 4.69) is 16.0 Å². The SMILES string of the molecule is CCC(C)C(NC(=O)C(Cc1ccccc1)NC(=O)C(N)Cc1ccc(O)cc1)C(=O)NC(C(=O)O)C(C)C. The lowest BCUT2D eigenvalue weighted by atomic mass is 9.95. The Bertz CT molecular complexity index is 1110. The highest BCUT2D eigenvalue weighted by Crippen LogP contribution is 2.13. The fourth-order valence-electron chi connectivity index (χ4n) is 4.03. The highest BCUT2D eigenvalue weighted by molar-refractivity contribution is 5.94. The zero-order valence-electron chi connectivity index (χ0n) is 22.9. The van der Waals surface area contributed by atoms with Gasteiger partial charge < -0.3 is 31.9 Å². The number of rotatable bonds is 14. The third-order valence-electron chi connectivity index (χ3n) is 6.67. The summed E-state index contributed by atoms with van der Waals surface area (Å²) in [6.07, 6.45) is 0.892. The molecule has 212 valence electrons. The molecule has 10 heteroatoms. The van der Waals surface area contributed by atoms with Gasteiger partial charge in [0.2, 0.25) is 17.7 Å². The molecule has 7 N–H and O–H groups in total. The van der Waals surface area contributed by atoms with Crippen LogP contribution >= 0.6 is 0 Å². The summed E-state index contributed by atoms with van der Waals surface area (Å²) in [7, 11) is 0. The van der Waals surface area contributed by atoms with E-state index in [9.17, 15) is 29.4 Å². The van der Waals surface area contributed by atoms with Crippen molar-refractivity contribution in [1.82, 2.24) is 16.0 Å². The third kappa shape index (κ3) is 9.72. The van der Waals surface area contributed by atoms with Gasteiger partial charge in [0.05, 0.1) is 6.04 Å². The molecule has 0 aliphatic rings. The van der Waals surface area contributed by atoms with Crippen molar-refractivity contribution in [3.63, 3.8) is 0 Å². The van der Waals surface area contributed by atoms with Crippen LogP contribution in [0.3, 0.4) is 0 Å². The standard InChI is InChI=1S/C29H40N4O6/c1-5-18(4)25(28(37)32-24(17(2)3)29(38)39)33-27(36)23(16-19-9-7-6-8-10-19)31-26(35)22(30)15-20-11-13-21(34)14-12-20/h6-14,17-18,22-25,34H,5,15-16,30H2,1-4H3,(H,31,35)(H,32,37)(H,33,36)(H,38,39). The van der Waals surface area contributed by atoms with Gasteiger partial charge in [0, 0.05) is 6.42 Å². The fourth-order valence-corrected chi connectivity index (χ4v) is 4.03. The summed E-state index contributed by atoms with van der Waals surface area (Å²) in [5.41, 5.74) is 7.67. The number of phenols is 1. The molecule has 3 amide bonds. The van der Waals surface area contributed by atoms with E-state index in [4.69, 9.17) is 5.73 Å². The van der Waals surface area contributed by atoms with Gasteiger partial charge >= 0.3 is 5.97 Å². The normalized spacial score (nSPS) is 14.9. The number of carboxylic acid groups (broad SMARTS) is 1. The molecule has 2 aromatic rings. The van der Waals surface area contributed by atoms with Gasteiger partial charge in [-0.2, -0.15) is 0 Å². The number of aliphatic carboxylic acids is 1. The minimum absolute atomic E-state index is 0.0966. The fraction of sp³-hybridized carbons (Fsp3) is 0.448. The van der Waals surface area contributed by atoms with Crippen molar-refractivity contribution in [2.24, 2.45) is 17.6 Å². The Morgan fingerprint density at radius 3 is 1.87 bits per heavy atom. The third-order valence-corrected chi connectivity index (χ3v) is 6.67. The number of phenolic OH excluding ortho intramolecular Hbond substituents is 1. The molecule has 0 bridgehead atoms. The molecule has 0 radical (unpaired) electrons. The van der Waals surface area contributed by atoms with Crippen LogP contribution in [-0.4, -0.2) is 58.1 Å². The largest absolute Gasteiger partial charge is 0.508 e. The van der Waals surface area contributed by atoms with Gasteiger partial charge in [-0.15, -0.1) is 0 Å². The number of hydrogen-bond acceptors (Lipinski definition) is 6. The van der Waals surface area contributed by atoms with Crippen LogP contribution in [0.2, 0.25) is 0 Å². The molecule has 10 nitrogen and oxygen atoms in total. The molecule has 39 heavy (non-hydrogen) atoms. The summed E-state index contributed by atoms with van der Waals surface area (Å²) < 4.78 is 0. The van der Waals surface area contributed by atoms with Gasteiger partial charge in [0.15, 0.2) is 0 Å². The first-order valence-electron chi connectivity index (χ1n) is 13.1. The Morgan fingerprint density at radius 1 is 0.769 bits per heavy atom. The number of amides is 3. The Kier molecular flexibility index (Phi) is 11.9. The molecule has 2 rings (SSSR count). The van der Waals surface area contributed by atoms with Gasteiger partial charge in [-0.3, -0.25) is 14.4 Å². The summed E-state index contributed by atoms with van der Waals surface area (Å²) >= 11 is 0. The second-order valence-electron chi connectivity index (χ2n) is 10.2. The average molecular weight is 541 g/mol. The molecule has 0 saturated heterocycles. The van der Waals surface area contributed by atoms with Crippen LogP contribution in [0.25, 0.3) is 0 Å². The van der Waals surface area contributed by atoms with Crippen molar-refractivity contribution in [1.29, 1.82) is 0 Å². The van der Waals surface area contributed by atoms with Crippen molar-refractivity contribution < 1.29 is 29.4 Å². The maximum absolute atomic E-state index is 13.5. The summed E-state index contributed by atoms with van der Waals surface area (Å²) in [4.78, 5) is 51.3. The van der Waals surface area contributed by atoms with E-state index in [0.717, 1.165) is 11.1 Å². The molecule has 2 aromatic carbocycles. The van der Waals surface area contributed by atoms with Crippen LogP contribution in [0.5, 0.6) is 5.75 Å². The van der Waals surface area contributed by atoms with Crippen LogP contribution in [0.15, 0.2) is 54.6 Å². The maximum Gasteiger partial charge on any atom is 0.326 e. The first kappa shape index (κ1) is 31.3. The summed E-state index contributed by atoms with van der Waals surface area (Å²) in [6.45, 7) is 7.01. The maximum atomic E-state index is 13.5. The summed E-state index contributed by atoms with van der Waals surface area (Å²) in [6, 6.07) is 11.3. The van der Waals surface area contributed by atoms with Gasteiger partial charge in [-0.05, 0) is 41.5 Å². The molecular formula is C29H40N4O6. The monoisotopic (exact) mass is 540 g/mol. The number of carbonyl (C=O) groups excluding carboxylic acids is 3. The van der Waals surface area contributed by atoms with Gasteiger partial charge in [-0.25, -0.2) is 4.79 Å². The topological polar surface area (TPSA) is 171 Å². The lowest BCUT2D eigenvalue weighted by Crippen LogP contribution is -2.59. The Balaban J connectivity index is 2.23. The number of aromatic hydroxyl groups is 1. The van der Waals surface area contributed by atoms with Crippen molar-refractivity contribution in [2.75, 3.05) is 0 Å². The minimum atomic E-state index is -1.16. The van der Waals surface area contributed by atoms with Crippen molar-refractivity contribution in [3.05, 3.63) is 65.7 Å². The number of benzene rings is 2. The van der Waals surface area contributed by atoms with Gasteiger partial charge in [0.25, 0.3) is 0 Å². The quantitative estimate of drug-likeness (QED) is 0.212. The van der Waals surface area contributed by atoms with Crippen molar-refractivity contribution >= 4 is 23.7 Å². The minimum Gasteiger partial charge on any atom is -0.508 e. The van der Waals surface area contributed by atoms with Gasteiger partial charge in [-0.1, -0.05) is 76.6 Å². The van der Waals surface area contributed by atoms with E-state index < -0.39 is 47.9 Å². The molecule has 0 aromatic heterocycles. The van der Waals surface area contributed by atoms with Crippen molar-refractivity contribution in [2.45, 2.75) is 71.1 Å². The van der Waals surface area contributed by atoms with E-state index in [0.29, 0.717) is 6.42 Å². The number of carbonyl (C=O) groups is 4. The number of nitrogens with one attached hydrogen (secondary N) is 3. The van der Waals surface area contributed by atoms with E-state index in [1.807, 2.05) is 37.3 Å². The van der Waals surface area contributed by atoms with Crippen LogP contribution in [0.4, 0.5) is 0 Å². The second-order valence-corrected chi connectivity index (χ2v) is 10.2. The smallest absolute Gasteiger partial charge is 0.326 e. The van der Waals surface area contributed by atoms with E-state index >= 15 is 0 Å². The Labute approximate surface area is 229 Å². The molecule has 0 fully saturated rings. The Morgan fingerprint density at radius 2 is 1.33 bits per heavy atom. The number of carboxylic acids is 1. The first-order valence-corrected chi connectivity index (χ1v) is 13.1. The van der Waals surface area contributed by atoms with E-state index in [-0.39, 0.29) is 30.4 Å². The van der Waals surface area contributed by atoms with Crippen LogP contribution < -0.4 is 21.7 Å².